The Morgan fingerprint density at radius 1 is 1.09 bits per heavy atom. The van der Waals surface area contributed by atoms with Gasteiger partial charge in [0.2, 0.25) is 11.9 Å². The molecule has 0 spiro atoms. The van der Waals surface area contributed by atoms with Crippen LogP contribution in [0.2, 0.25) is 0 Å². The number of carbonyl (C=O) groups is 2. The van der Waals surface area contributed by atoms with E-state index < -0.39 is 0 Å². The molecule has 0 atom stereocenters. The molecule has 3 aromatic rings. The lowest BCUT2D eigenvalue weighted by molar-refractivity contribution is -0.120. The fourth-order valence-corrected chi connectivity index (χ4v) is 4.67. The minimum Gasteiger partial charge on any atom is -0.369 e. The number of rotatable bonds is 10. The topological polar surface area (TPSA) is 111 Å². The summed E-state index contributed by atoms with van der Waals surface area (Å²) in [4.78, 5) is 36.1. The van der Waals surface area contributed by atoms with Gasteiger partial charge in [-0.25, -0.2) is 9.78 Å². The number of halogens is 1. The highest BCUT2D eigenvalue weighted by molar-refractivity contribution is 9.10. The lowest BCUT2D eigenvalue weighted by Gasteiger charge is -2.16. The van der Waals surface area contributed by atoms with E-state index in [2.05, 4.69) is 47.2 Å². The first-order valence-electron chi connectivity index (χ1n) is 11.6. The minimum absolute atomic E-state index is 0.0287. The van der Waals surface area contributed by atoms with Crippen molar-refractivity contribution in [2.24, 2.45) is 0 Å². The molecule has 184 valence electrons. The molecular weight excluding hydrogens is 530 g/mol. The Balaban J connectivity index is 1.25. The third kappa shape index (κ3) is 7.66. The average Bonchev–Trinajstić information content (AvgIpc) is 3.56. The van der Waals surface area contributed by atoms with Gasteiger partial charge in [-0.2, -0.15) is 4.98 Å². The van der Waals surface area contributed by atoms with Gasteiger partial charge in [-0.05, 0) is 64.8 Å². The molecule has 0 saturated carbocycles. The Morgan fingerprint density at radius 2 is 1.91 bits per heavy atom. The Labute approximate surface area is 216 Å². The number of benzene rings is 1. The van der Waals surface area contributed by atoms with Gasteiger partial charge < -0.3 is 26.2 Å². The molecule has 11 heteroatoms. The van der Waals surface area contributed by atoms with Crippen LogP contribution in [-0.4, -0.2) is 53.0 Å². The Kier molecular flexibility index (Phi) is 8.90. The zero-order valence-electron chi connectivity index (χ0n) is 19.2. The van der Waals surface area contributed by atoms with Crippen molar-refractivity contribution < 1.29 is 9.59 Å². The van der Waals surface area contributed by atoms with Gasteiger partial charge in [0.15, 0.2) is 0 Å². The summed E-state index contributed by atoms with van der Waals surface area (Å²) in [6.07, 6.45) is 4.96. The van der Waals surface area contributed by atoms with Gasteiger partial charge >= 0.3 is 6.03 Å². The lowest BCUT2D eigenvalue weighted by atomic mass is 10.3. The van der Waals surface area contributed by atoms with Gasteiger partial charge in [0.1, 0.15) is 5.82 Å². The smallest absolute Gasteiger partial charge is 0.321 e. The van der Waals surface area contributed by atoms with Crippen molar-refractivity contribution in [3.8, 4) is 0 Å². The van der Waals surface area contributed by atoms with Crippen molar-refractivity contribution in [1.29, 1.82) is 0 Å². The van der Waals surface area contributed by atoms with Gasteiger partial charge in [0, 0.05) is 48.6 Å². The molecule has 9 nitrogen and oxygen atoms in total. The van der Waals surface area contributed by atoms with Crippen molar-refractivity contribution in [2.45, 2.75) is 25.7 Å². The second-order valence-corrected chi connectivity index (χ2v) is 9.99. The van der Waals surface area contributed by atoms with E-state index >= 15 is 0 Å². The average molecular weight is 559 g/mol. The quantitative estimate of drug-likeness (QED) is 0.265. The number of carbonyl (C=O) groups excluding carboxylic acids is 2. The van der Waals surface area contributed by atoms with Gasteiger partial charge in [0.05, 0.1) is 10.9 Å². The van der Waals surface area contributed by atoms with Crippen LogP contribution in [0.25, 0.3) is 0 Å². The highest BCUT2D eigenvalue weighted by Crippen LogP contribution is 2.23. The summed E-state index contributed by atoms with van der Waals surface area (Å²) in [6, 6.07) is 11.3. The van der Waals surface area contributed by atoms with Crippen LogP contribution >= 0.6 is 27.3 Å². The standard InChI is InChI=1S/C24H28BrN7O2S/c25-20-16-28-23(29-17-6-3-7-18(14-17)30-24(34)32-11-1-2-12-32)31-22(20)27-10-5-9-26-21(33)15-19-8-4-13-35-19/h3-4,6-8,13-14,16H,1-2,5,9-12,15H2,(H,26,33)(H,30,34)(H2,27,28,29,31). The third-order valence-electron chi connectivity index (χ3n) is 5.39. The van der Waals surface area contributed by atoms with Crippen molar-refractivity contribution in [3.05, 3.63) is 57.3 Å². The van der Waals surface area contributed by atoms with Gasteiger partial charge in [-0.15, -0.1) is 11.3 Å². The maximum atomic E-state index is 12.4. The monoisotopic (exact) mass is 557 g/mol. The van der Waals surface area contributed by atoms with Gasteiger partial charge in [0.25, 0.3) is 0 Å². The largest absolute Gasteiger partial charge is 0.369 e. The molecule has 1 fully saturated rings. The maximum Gasteiger partial charge on any atom is 0.321 e. The van der Waals surface area contributed by atoms with Gasteiger partial charge in [-0.1, -0.05) is 12.1 Å². The summed E-state index contributed by atoms with van der Waals surface area (Å²) in [6.45, 7) is 2.83. The summed E-state index contributed by atoms with van der Waals surface area (Å²) in [5, 5.41) is 14.3. The van der Waals surface area contributed by atoms with Crippen LogP contribution in [0.3, 0.4) is 0 Å². The third-order valence-corrected chi connectivity index (χ3v) is 6.85. The summed E-state index contributed by atoms with van der Waals surface area (Å²) < 4.78 is 0.747. The first kappa shape index (κ1) is 24.9. The number of nitrogens with one attached hydrogen (secondary N) is 4. The zero-order valence-corrected chi connectivity index (χ0v) is 21.6. The van der Waals surface area contributed by atoms with E-state index in [9.17, 15) is 9.59 Å². The van der Waals surface area contributed by atoms with E-state index in [-0.39, 0.29) is 11.9 Å². The van der Waals surface area contributed by atoms with Crippen LogP contribution < -0.4 is 21.3 Å². The van der Waals surface area contributed by atoms with Crippen molar-refractivity contribution in [3.63, 3.8) is 0 Å². The molecule has 1 aliphatic heterocycles. The molecule has 0 unspecified atom stereocenters. The maximum absolute atomic E-state index is 12.4. The van der Waals surface area contributed by atoms with Crippen LogP contribution in [0.1, 0.15) is 24.1 Å². The summed E-state index contributed by atoms with van der Waals surface area (Å²) >= 11 is 5.06. The second kappa shape index (κ2) is 12.5. The summed E-state index contributed by atoms with van der Waals surface area (Å²) in [5.41, 5.74) is 1.48. The van der Waals surface area contributed by atoms with Gasteiger partial charge in [-0.3, -0.25) is 4.79 Å². The number of nitrogens with zero attached hydrogens (tertiary/aromatic N) is 3. The molecule has 0 bridgehead atoms. The number of likely N-dealkylation sites (tertiary alicyclic amines) is 1. The highest BCUT2D eigenvalue weighted by Gasteiger charge is 2.17. The first-order chi connectivity index (χ1) is 17.1. The van der Waals surface area contributed by atoms with E-state index in [0.29, 0.717) is 37.0 Å². The van der Waals surface area contributed by atoms with E-state index in [1.165, 1.54) is 0 Å². The molecular formula is C24H28BrN7O2S. The number of hydrogen-bond donors (Lipinski definition) is 4. The molecule has 3 heterocycles. The van der Waals surface area contributed by atoms with Crippen LogP contribution in [-0.2, 0) is 11.2 Å². The fraction of sp³-hybridized carbons (Fsp3) is 0.333. The Hall–Kier alpha value is -3.18. The van der Waals surface area contributed by atoms with E-state index in [1.807, 2.05) is 46.7 Å². The summed E-state index contributed by atoms with van der Waals surface area (Å²) in [5.74, 6) is 1.12. The number of amides is 3. The van der Waals surface area contributed by atoms with E-state index in [4.69, 9.17) is 0 Å². The minimum atomic E-state index is -0.0752. The molecule has 0 radical (unpaired) electrons. The second-order valence-electron chi connectivity index (χ2n) is 8.11. The molecule has 1 aliphatic rings. The molecule has 1 aromatic carbocycles. The Morgan fingerprint density at radius 3 is 2.71 bits per heavy atom. The number of aromatic nitrogens is 2. The normalized spacial score (nSPS) is 12.9. The molecule has 2 aromatic heterocycles. The molecule has 0 aliphatic carbocycles. The van der Waals surface area contributed by atoms with Crippen LogP contribution in [0, 0.1) is 0 Å². The van der Waals surface area contributed by atoms with Crippen molar-refractivity contribution in [1.82, 2.24) is 20.2 Å². The van der Waals surface area contributed by atoms with Crippen molar-refractivity contribution >= 4 is 62.3 Å². The lowest BCUT2D eigenvalue weighted by Crippen LogP contribution is -2.32. The van der Waals surface area contributed by atoms with Crippen LogP contribution in [0.15, 0.2) is 52.4 Å². The number of urea groups is 1. The molecule has 4 N–H and O–H groups in total. The summed E-state index contributed by atoms with van der Waals surface area (Å²) in [7, 11) is 0. The molecule has 4 rings (SSSR count). The Bertz CT molecular complexity index is 1140. The zero-order chi connectivity index (χ0) is 24.5. The number of thiophene rings is 1. The van der Waals surface area contributed by atoms with Crippen LogP contribution in [0.4, 0.5) is 27.9 Å². The fourth-order valence-electron chi connectivity index (χ4n) is 3.63. The number of hydrogen-bond acceptors (Lipinski definition) is 7. The molecule has 35 heavy (non-hydrogen) atoms. The predicted octanol–water partition coefficient (Wildman–Crippen LogP) is 4.83. The van der Waals surface area contributed by atoms with Crippen molar-refractivity contribution in [2.75, 3.05) is 42.1 Å². The highest BCUT2D eigenvalue weighted by atomic mass is 79.9. The van der Waals surface area contributed by atoms with E-state index in [1.54, 1.807) is 17.5 Å². The first-order valence-corrected chi connectivity index (χ1v) is 13.2. The molecule has 3 amide bonds. The van der Waals surface area contributed by atoms with Crippen LogP contribution in [0.5, 0.6) is 0 Å². The number of anilines is 4. The predicted molar refractivity (Wildman–Crippen MR) is 143 cm³/mol. The molecule has 1 saturated heterocycles. The SMILES string of the molecule is O=C(Cc1cccs1)NCCCNc1nc(Nc2cccc(NC(=O)N3CCCC3)c2)ncc1Br. The van der Waals surface area contributed by atoms with E-state index in [0.717, 1.165) is 47.4 Å².